The van der Waals surface area contributed by atoms with Crippen LogP contribution in [-0.4, -0.2) is 64.5 Å². The molecule has 6 nitrogen and oxygen atoms in total. The summed E-state index contributed by atoms with van der Waals surface area (Å²) in [7, 11) is 2.06. The molecule has 0 spiro atoms. The van der Waals surface area contributed by atoms with Gasteiger partial charge in [-0.1, -0.05) is 24.3 Å². The molecule has 168 valence electrons. The zero-order valence-electron chi connectivity index (χ0n) is 18.6. The Balaban J connectivity index is 1.19. The van der Waals surface area contributed by atoms with Crippen LogP contribution < -0.4 is 4.90 Å². The Morgan fingerprint density at radius 1 is 1.03 bits per heavy atom. The van der Waals surface area contributed by atoms with Crippen molar-refractivity contribution in [2.24, 2.45) is 13.0 Å². The van der Waals surface area contributed by atoms with Gasteiger partial charge in [0.1, 0.15) is 11.6 Å². The average Bonchev–Trinajstić information content (AvgIpc) is 3.14. The van der Waals surface area contributed by atoms with Crippen molar-refractivity contribution in [3.8, 4) is 0 Å². The van der Waals surface area contributed by atoms with E-state index in [2.05, 4.69) is 22.6 Å². The predicted octanol–water partition coefficient (Wildman–Crippen LogP) is 3.27. The topological polar surface area (TPSA) is 44.6 Å². The fraction of sp³-hybridized carbons (Fsp3) is 0.440. The molecule has 0 radical (unpaired) electrons. The van der Waals surface area contributed by atoms with Gasteiger partial charge in [0.25, 0.3) is 0 Å². The highest BCUT2D eigenvalue weighted by Gasteiger charge is 2.31. The highest BCUT2D eigenvalue weighted by atomic mass is 19.1. The second-order valence-electron chi connectivity index (χ2n) is 8.91. The van der Waals surface area contributed by atoms with E-state index in [1.165, 1.54) is 6.07 Å². The summed E-state index contributed by atoms with van der Waals surface area (Å²) in [6.45, 7) is 5.16. The second kappa shape index (κ2) is 8.90. The van der Waals surface area contributed by atoms with Crippen molar-refractivity contribution in [3.05, 3.63) is 60.2 Å². The first kappa shape index (κ1) is 20.9. The van der Waals surface area contributed by atoms with E-state index in [1.54, 1.807) is 6.07 Å². The van der Waals surface area contributed by atoms with E-state index in [4.69, 9.17) is 4.98 Å². The molecule has 3 aromatic rings. The number of imidazole rings is 1. The minimum absolute atomic E-state index is 0.0263. The highest BCUT2D eigenvalue weighted by Crippen LogP contribution is 2.24. The Morgan fingerprint density at radius 2 is 1.78 bits per heavy atom. The molecule has 0 aliphatic carbocycles. The van der Waals surface area contributed by atoms with Crippen molar-refractivity contribution in [1.82, 2.24) is 19.4 Å². The summed E-state index contributed by atoms with van der Waals surface area (Å²) in [6.07, 6.45) is 1.96. The van der Waals surface area contributed by atoms with Crippen LogP contribution in [0.25, 0.3) is 11.0 Å². The van der Waals surface area contributed by atoms with Gasteiger partial charge in [0.2, 0.25) is 5.91 Å². The number of likely N-dealkylation sites (tertiary alicyclic amines) is 1. The number of hydrogen-bond acceptors (Lipinski definition) is 4. The molecule has 2 aliphatic heterocycles. The van der Waals surface area contributed by atoms with Gasteiger partial charge >= 0.3 is 0 Å². The smallest absolute Gasteiger partial charge is 0.227 e. The van der Waals surface area contributed by atoms with E-state index < -0.39 is 0 Å². The van der Waals surface area contributed by atoms with Crippen LogP contribution in [0.5, 0.6) is 0 Å². The van der Waals surface area contributed by atoms with E-state index in [1.807, 2.05) is 40.1 Å². The first-order chi connectivity index (χ1) is 15.6. The molecule has 1 aromatic heterocycles. The van der Waals surface area contributed by atoms with E-state index in [-0.39, 0.29) is 17.6 Å². The standard InChI is InChI=1S/C25H30FN5O/c1-28-23-11-5-3-9-21(23)27-24(28)18-29-12-6-7-19(17-29)25(32)31-15-13-30(14-16-31)22-10-4-2-8-20(22)26/h2-5,8-11,19H,6-7,12-18H2,1H3/t19-/m1/s1. The number of benzene rings is 2. The number of piperidine rings is 1. The Labute approximate surface area is 188 Å². The van der Waals surface area contributed by atoms with E-state index in [0.29, 0.717) is 31.9 Å². The first-order valence-corrected chi connectivity index (χ1v) is 11.5. The number of amides is 1. The summed E-state index contributed by atoms with van der Waals surface area (Å²) >= 11 is 0. The summed E-state index contributed by atoms with van der Waals surface area (Å²) in [5, 5.41) is 0. The Hall–Kier alpha value is -2.93. The molecule has 2 fully saturated rings. The zero-order chi connectivity index (χ0) is 22.1. The van der Waals surface area contributed by atoms with Gasteiger partial charge in [0, 0.05) is 39.8 Å². The number of aromatic nitrogens is 2. The fourth-order valence-corrected chi connectivity index (χ4v) is 5.07. The number of piperazine rings is 1. The number of aryl methyl sites for hydroxylation is 1. The lowest BCUT2D eigenvalue weighted by Crippen LogP contribution is -2.52. The van der Waals surface area contributed by atoms with Crippen LogP contribution in [0.4, 0.5) is 10.1 Å². The number of para-hydroxylation sites is 3. The molecule has 32 heavy (non-hydrogen) atoms. The van der Waals surface area contributed by atoms with E-state index in [0.717, 1.165) is 49.3 Å². The molecule has 2 aromatic carbocycles. The van der Waals surface area contributed by atoms with Crippen LogP contribution in [0.15, 0.2) is 48.5 Å². The van der Waals surface area contributed by atoms with Crippen molar-refractivity contribution < 1.29 is 9.18 Å². The van der Waals surface area contributed by atoms with Crippen LogP contribution in [-0.2, 0) is 18.4 Å². The Kier molecular flexibility index (Phi) is 5.83. The number of hydrogen-bond donors (Lipinski definition) is 0. The van der Waals surface area contributed by atoms with Crippen molar-refractivity contribution in [3.63, 3.8) is 0 Å². The summed E-state index contributed by atoms with van der Waals surface area (Å²) in [6, 6.07) is 15.1. The summed E-state index contributed by atoms with van der Waals surface area (Å²) in [5.41, 5.74) is 2.79. The highest BCUT2D eigenvalue weighted by molar-refractivity contribution is 5.79. The van der Waals surface area contributed by atoms with E-state index in [9.17, 15) is 9.18 Å². The predicted molar refractivity (Wildman–Crippen MR) is 124 cm³/mol. The minimum Gasteiger partial charge on any atom is -0.366 e. The van der Waals surface area contributed by atoms with Gasteiger partial charge in [-0.05, 0) is 43.7 Å². The lowest BCUT2D eigenvalue weighted by atomic mass is 9.96. The molecule has 1 atom stereocenters. The van der Waals surface area contributed by atoms with Crippen LogP contribution in [0, 0.1) is 11.7 Å². The zero-order valence-corrected chi connectivity index (χ0v) is 18.6. The first-order valence-electron chi connectivity index (χ1n) is 11.5. The van der Waals surface area contributed by atoms with Gasteiger partial charge in [-0.3, -0.25) is 9.69 Å². The number of rotatable bonds is 4. The largest absolute Gasteiger partial charge is 0.366 e. The lowest BCUT2D eigenvalue weighted by Gasteiger charge is -2.39. The van der Waals surface area contributed by atoms with Crippen LogP contribution in [0.2, 0.25) is 0 Å². The third-order valence-electron chi connectivity index (χ3n) is 6.88. The molecule has 7 heteroatoms. The van der Waals surface area contributed by atoms with Crippen LogP contribution >= 0.6 is 0 Å². The van der Waals surface area contributed by atoms with Crippen molar-refractivity contribution in [1.29, 1.82) is 0 Å². The molecular formula is C25H30FN5O. The second-order valence-corrected chi connectivity index (χ2v) is 8.91. The molecule has 1 amide bonds. The van der Waals surface area contributed by atoms with Gasteiger partial charge in [0.05, 0.1) is 29.2 Å². The average molecular weight is 436 g/mol. The van der Waals surface area contributed by atoms with Crippen LogP contribution in [0.3, 0.4) is 0 Å². The number of halogens is 1. The summed E-state index contributed by atoms with van der Waals surface area (Å²) in [5.74, 6) is 1.11. The summed E-state index contributed by atoms with van der Waals surface area (Å²) in [4.78, 5) is 24.4. The van der Waals surface area contributed by atoms with Gasteiger partial charge in [0.15, 0.2) is 0 Å². The van der Waals surface area contributed by atoms with Crippen LogP contribution in [0.1, 0.15) is 18.7 Å². The monoisotopic (exact) mass is 435 g/mol. The summed E-state index contributed by atoms with van der Waals surface area (Å²) < 4.78 is 16.3. The maximum absolute atomic E-state index is 14.1. The number of anilines is 1. The molecule has 0 N–H and O–H groups in total. The maximum Gasteiger partial charge on any atom is 0.227 e. The molecular weight excluding hydrogens is 405 g/mol. The molecule has 0 unspecified atom stereocenters. The maximum atomic E-state index is 14.1. The lowest BCUT2D eigenvalue weighted by molar-refractivity contribution is -0.137. The normalized spacial score (nSPS) is 20.1. The minimum atomic E-state index is -0.197. The molecule has 5 rings (SSSR count). The number of nitrogens with zero attached hydrogens (tertiary/aromatic N) is 5. The molecule has 3 heterocycles. The van der Waals surface area contributed by atoms with Gasteiger partial charge in [-0.2, -0.15) is 0 Å². The molecule has 0 bridgehead atoms. The van der Waals surface area contributed by atoms with Crippen molar-refractivity contribution >= 4 is 22.6 Å². The SMILES string of the molecule is Cn1c(CN2CCC[C@@H](C(=O)N3CCN(c4ccccc4F)CC3)C2)nc2ccccc21. The van der Waals surface area contributed by atoms with Crippen molar-refractivity contribution in [2.45, 2.75) is 19.4 Å². The van der Waals surface area contributed by atoms with Gasteiger partial charge in [-0.25, -0.2) is 9.37 Å². The number of carbonyl (C=O) groups is 1. The van der Waals surface area contributed by atoms with Gasteiger partial charge < -0.3 is 14.4 Å². The molecule has 0 saturated carbocycles. The number of fused-ring (bicyclic) bond motifs is 1. The van der Waals surface area contributed by atoms with Crippen molar-refractivity contribution in [2.75, 3.05) is 44.2 Å². The fourth-order valence-electron chi connectivity index (χ4n) is 5.07. The quantitative estimate of drug-likeness (QED) is 0.631. The third kappa shape index (κ3) is 4.09. The molecule has 2 saturated heterocycles. The van der Waals surface area contributed by atoms with E-state index >= 15 is 0 Å². The van der Waals surface area contributed by atoms with Gasteiger partial charge in [-0.15, -0.1) is 0 Å². The third-order valence-corrected chi connectivity index (χ3v) is 6.88. The molecule has 2 aliphatic rings. The Bertz CT molecular complexity index is 1100. The Morgan fingerprint density at radius 3 is 2.56 bits per heavy atom. The number of carbonyl (C=O) groups excluding carboxylic acids is 1.